The minimum Gasteiger partial charge on any atom is -0.544 e. The molecule has 11 heavy (non-hydrogen) atoms. The van der Waals surface area contributed by atoms with E-state index in [2.05, 4.69) is 4.74 Å². The van der Waals surface area contributed by atoms with E-state index < -0.39 is 18.0 Å². The van der Waals surface area contributed by atoms with Crippen molar-refractivity contribution in [3.8, 4) is 0 Å². The maximum Gasteiger partial charge on any atom is 0.425 e. The van der Waals surface area contributed by atoms with E-state index in [1.807, 2.05) is 0 Å². The molecule has 0 bridgehead atoms. The van der Waals surface area contributed by atoms with Gasteiger partial charge >= 0.3 is 12.0 Å². The molecule has 0 aliphatic rings. The molecule has 0 aliphatic carbocycles. The molecule has 66 valence electrons. The molecule has 0 atom stereocenters. The first-order valence-electron chi connectivity index (χ1n) is 2.28. The second-order valence-corrected chi connectivity index (χ2v) is 1.58. The van der Waals surface area contributed by atoms with Crippen LogP contribution in [-0.2, 0) is 9.53 Å². The Hall–Kier alpha value is -0.850. The summed E-state index contributed by atoms with van der Waals surface area (Å²) in [6.45, 7) is 0. The summed E-state index contributed by atoms with van der Waals surface area (Å²) < 4.78 is 50.1. The molecule has 0 aromatic rings. The minimum atomic E-state index is -5.30. The summed E-state index contributed by atoms with van der Waals surface area (Å²) in [5.41, 5.74) is 0. The summed E-state index contributed by atoms with van der Waals surface area (Å²) in [6.07, 6.45) is -5.04. The molecular formula is C4H3F4O3-. The summed E-state index contributed by atoms with van der Waals surface area (Å²) in [4.78, 5) is 9.41. The number of hydrogen-bond acceptors (Lipinski definition) is 3. The molecule has 0 radical (unpaired) electrons. The van der Waals surface area contributed by atoms with Gasteiger partial charge in [0, 0.05) is 7.11 Å². The Kier molecular flexibility index (Phi) is 2.44. The van der Waals surface area contributed by atoms with Crippen molar-refractivity contribution in [3.05, 3.63) is 0 Å². The van der Waals surface area contributed by atoms with Gasteiger partial charge in [0.15, 0.2) is 0 Å². The van der Waals surface area contributed by atoms with Crippen LogP contribution in [0.15, 0.2) is 0 Å². The number of carbonyl (C=O) groups excluding carboxylic acids is 1. The first-order valence-corrected chi connectivity index (χ1v) is 2.28. The summed E-state index contributed by atoms with van der Waals surface area (Å²) in [6, 6.07) is 0. The van der Waals surface area contributed by atoms with E-state index in [0.29, 0.717) is 0 Å². The summed E-state index contributed by atoms with van der Waals surface area (Å²) in [5.74, 6) is -8.48. The standard InChI is InChI=1S/C4H4F4O3/c1-11-4(7,8)3(5,6)2(9)10/h1H3,(H,9,10)/p-1. The SMILES string of the molecule is COC(F)(F)C(F)(F)C(=O)[O-]. The predicted octanol–water partition coefficient (Wildman–Crippen LogP) is -0.389. The number of hydrogen-bond donors (Lipinski definition) is 0. The number of carbonyl (C=O) groups is 1. The lowest BCUT2D eigenvalue weighted by Crippen LogP contribution is -2.54. The lowest BCUT2D eigenvalue weighted by atomic mass is 10.3. The Bertz CT molecular complexity index is 167. The summed E-state index contributed by atoms with van der Waals surface area (Å²) >= 11 is 0. The van der Waals surface area contributed by atoms with Crippen molar-refractivity contribution in [1.82, 2.24) is 0 Å². The zero-order chi connectivity index (χ0) is 9.28. The van der Waals surface area contributed by atoms with Gasteiger partial charge in [-0.3, -0.25) is 0 Å². The predicted molar refractivity (Wildman–Crippen MR) is 21.9 cm³/mol. The highest BCUT2D eigenvalue weighted by molar-refractivity contribution is 5.74. The normalized spacial score (nSPS) is 13.2. The zero-order valence-corrected chi connectivity index (χ0v) is 5.24. The molecular weight excluding hydrogens is 172 g/mol. The fraction of sp³-hybridized carbons (Fsp3) is 0.750. The first-order chi connectivity index (χ1) is 4.75. The van der Waals surface area contributed by atoms with E-state index in [-0.39, 0.29) is 7.11 Å². The third kappa shape index (κ3) is 1.59. The van der Waals surface area contributed by atoms with Crippen molar-refractivity contribution in [2.75, 3.05) is 7.11 Å². The molecule has 0 spiro atoms. The van der Waals surface area contributed by atoms with Gasteiger partial charge in [-0.15, -0.1) is 0 Å². The summed E-state index contributed by atoms with van der Waals surface area (Å²) in [7, 11) is 0.261. The van der Waals surface area contributed by atoms with Crippen LogP contribution in [0.25, 0.3) is 0 Å². The molecule has 7 heteroatoms. The van der Waals surface area contributed by atoms with Crippen LogP contribution in [-0.4, -0.2) is 25.1 Å². The van der Waals surface area contributed by atoms with Crippen LogP contribution in [0.1, 0.15) is 0 Å². The van der Waals surface area contributed by atoms with Crippen molar-refractivity contribution < 1.29 is 32.2 Å². The average molecular weight is 175 g/mol. The van der Waals surface area contributed by atoms with E-state index in [0.717, 1.165) is 0 Å². The van der Waals surface area contributed by atoms with Crippen molar-refractivity contribution in [1.29, 1.82) is 0 Å². The van der Waals surface area contributed by atoms with E-state index in [1.54, 1.807) is 0 Å². The zero-order valence-electron chi connectivity index (χ0n) is 5.24. The molecule has 0 saturated heterocycles. The molecule has 0 aliphatic heterocycles. The molecule has 0 fully saturated rings. The lowest BCUT2D eigenvalue weighted by Gasteiger charge is -2.24. The van der Waals surface area contributed by atoms with Crippen LogP contribution in [0.4, 0.5) is 17.6 Å². The van der Waals surface area contributed by atoms with Crippen LogP contribution in [0.2, 0.25) is 0 Å². The van der Waals surface area contributed by atoms with Gasteiger partial charge in [0.1, 0.15) is 5.97 Å². The van der Waals surface area contributed by atoms with Crippen molar-refractivity contribution in [2.24, 2.45) is 0 Å². The Morgan fingerprint density at radius 3 is 1.82 bits per heavy atom. The maximum absolute atomic E-state index is 11.8. The van der Waals surface area contributed by atoms with Gasteiger partial charge in [0.05, 0.1) is 0 Å². The van der Waals surface area contributed by atoms with Crippen molar-refractivity contribution in [2.45, 2.75) is 12.0 Å². The van der Waals surface area contributed by atoms with Gasteiger partial charge in [-0.25, -0.2) is 0 Å². The van der Waals surface area contributed by atoms with E-state index >= 15 is 0 Å². The van der Waals surface area contributed by atoms with E-state index in [4.69, 9.17) is 0 Å². The quantitative estimate of drug-likeness (QED) is 0.549. The second kappa shape index (κ2) is 2.65. The Balaban J connectivity index is 4.67. The number of methoxy groups -OCH3 is 1. The molecule has 0 rings (SSSR count). The molecule has 0 amide bonds. The van der Waals surface area contributed by atoms with Gasteiger partial charge in [0.25, 0.3) is 0 Å². The number of alkyl halides is 4. The van der Waals surface area contributed by atoms with Gasteiger partial charge in [-0.2, -0.15) is 17.6 Å². The Morgan fingerprint density at radius 2 is 1.73 bits per heavy atom. The van der Waals surface area contributed by atoms with Gasteiger partial charge in [0.2, 0.25) is 0 Å². The molecule has 3 nitrogen and oxygen atoms in total. The van der Waals surface area contributed by atoms with Crippen LogP contribution < -0.4 is 5.11 Å². The smallest absolute Gasteiger partial charge is 0.425 e. The number of aliphatic carboxylic acids is 1. The highest BCUT2D eigenvalue weighted by atomic mass is 19.3. The fourth-order valence-corrected chi connectivity index (χ4v) is 0.247. The van der Waals surface area contributed by atoms with Crippen LogP contribution in [0.5, 0.6) is 0 Å². The van der Waals surface area contributed by atoms with Crippen molar-refractivity contribution >= 4 is 5.97 Å². The lowest BCUT2D eigenvalue weighted by molar-refractivity contribution is -0.383. The molecule has 0 aromatic carbocycles. The highest BCUT2D eigenvalue weighted by Crippen LogP contribution is 2.33. The van der Waals surface area contributed by atoms with Crippen LogP contribution >= 0.6 is 0 Å². The fourth-order valence-electron chi connectivity index (χ4n) is 0.247. The second-order valence-electron chi connectivity index (χ2n) is 1.58. The third-order valence-electron chi connectivity index (χ3n) is 0.878. The number of rotatable bonds is 3. The molecule has 0 N–H and O–H groups in total. The molecule has 0 aromatic heterocycles. The number of carboxylic acid groups (broad SMARTS) is 1. The van der Waals surface area contributed by atoms with Crippen LogP contribution in [0, 0.1) is 0 Å². The summed E-state index contributed by atoms with van der Waals surface area (Å²) in [5, 5.41) is 9.41. The van der Waals surface area contributed by atoms with Gasteiger partial charge in [-0.05, 0) is 0 Å². The maximum atomic E-state index is 11.8. The molecule has 0 saturated carbocycles. The van der Waals surface area contributed by atoms with Crippen LogP contribution in [0.3, 0.4) is 0 Å². The van der Waals surface area contributed by atoms with E-state index in [1.165, 1.54) is 0 Å². The molecule has 0 unspecified atom stereocenters. The van der Waals surface area contributed by atoms with Gasteiger partial charge in [-0.1, -0.05) is 0 Å². The number of halogens is 4. The average Bonchev–Trinajstić information content (AvgIpc) is 1.87. The molecule has 0 heterocycles. The monoisotopic (exact) mass is 175 g/mol. The highest BCUT2D eigenvalue weighted by Gasteiger charge is 2.58. The Morgan fingerprint density at radius 1 is 1.36 bits per heavy atom. The number of ether oxygens (including phenoxy) is 1. The minimum absolute atomic E-state index is 0.261. The van der Waals surface area contributed by atoms with Gasteiger partial charge < -0.3 is 14.6 Å². The van der Waals surface area contributed by atoms with E-state index in [9.17, 15) is 27.5 Å². The first kappa shape index (κ1) is 10.2. The topological polar surface area (TPSA) is 49.4 Å². The third-order valence-corrected chi connectivity index (χ3v) is 0.878. The van der Waals surface area contributed by atoms with Crippen molar-refractivity contribution in [3.63, 3.8) is 0 Å². The Labute approximate surface area is 58.6 Å². The number of carboxylic acids is 1. The largest absolute Gasteiger partial charge is 0.544 e.